The topological polar surface area (TPSA) is 151 Å². The number of allylic oxidation sites excluding steroid dienone is 3. The third-order valence-corrected chi connectivity index (χ3v) is 9.38. The highest BCUT2D eigenvalue weighted by Crippen LogP contribution is 2.50. The monoisotopic (exact) mass is 634 g/mol. The Morgan fingerprint density at radius 1 is 1.19 bits per heavy atom. The number of nitrogens with one attached hydrogen (secondary N) is 1. The number of anilines is 2. The number of nitrogens with zero attached hydrogens (tertiary/aromatic N) is 4. The Kier molecular flexibility index (Phi) is 8.59. The molecule has 0 saturated heterocycles. The van der Waals surface area contributed by atoms with Gasteiger partial charge in [0.1, 0.15) is 5.82 Å². The molecule has 1 aromatic heterocycles. The number of nitrogens with two attached hydrogens (primary N) is 1. The number of thioether (sulfide) groups is 1. The number of Topliss-reactive ketones (excluding diaryl/α,β-unsaturated/α-hetero) is 1. The number of amides is 1. The van der Waals surface area contributed by atoms with Crippen LogP contribution in [-0.2, 0) is 14.3 Å². The number of halogens is 1. The van der Waals surface area contributed by atoms with Crippen molar-refractivity contribution in [1.29, 1.82) is 5.26 Å². The number of ketones is 1. The molecule has 13 heteroatoms. The fraction of sp³-hybridized carbons (Fsp3) is 0.267. The Labute approximate surface area is 261 Å². The van der Waals surface area contributed by atoms with E-state index in [1.807, 2.05) is 26.0 Å². The van der Waals surface area contributed by atoms with E-state index in [0.29, 0.717) is 49.9 Å². The van der Waals surface area contributed by atoms with Gasteiger partial charge in [-0.05, 0) is 53.8 Å². The summed E-state index contributed by atoms with van der Waals surface area (Å²) in [6, 6.07) is 15.7. The lowest BCUT2D eigenvalue weighted by molar-refractivity contribution is -0.118. The average molecular weight is 635 g/mol. The van der Waals surface area contributed by atoms with Gasteiger partial charge in [0.25, 0.3) is 0 Å². The van der Waals surface area contributed by atoms with Gasteiger partial charge in [-0.25, -0.2) is 4.79 Å². The van der Waals surface area contributed by atoms with E-state index in [4.69, 9.17) is 17.3 Å². The molecule has 2 aromatic carbocycles. The minimum atomic E-state index is -0.621. The zero-order valence-electron chi connectivity index (χ0n) is 23.5. The van der Waals surface area contributed by atoms with Crippen LogP contribution in [0.15, 0.2) is 75.5 Å². The highest BCUT2D eigenvalue weighted by Gasteiger charge is 2.45. The number of hydrogen-bond donors (Lipinski definition) is 2. The summed E-state index contributed by atoms with van der Waals surface area (Å²) in [5.41, 5.74) is 9.46. The first kappa shape index (κ1) is 30.3. The summed E-state index contributed by atoms with van der Waals surface area (Å²) in [5.74, 6) is -1.16. The number of hydrogen-bond acceptors (Lipinski definition) is 11. The Morgan fingerprint density at radius 3 is 2.53 bits per heavy atom. The van der Waals surface area contributed by atoms with E-state index < -0.39 is 11.9 Å². The molecule has 0 saturated carbocycles. The quantitative estimate of drug-likeness (QED) is 0.246. The molecule has 3 aromatic rings. The minimum absolute atomic E-state index is 0.0492. The minimum Gasteiger partial charge on any atom is -0.465 e. The van der Waals surface area contributed by atoms with Gasteiger partial charge in [-0.1, -0.05) is 60.7 Å². The molecule has 10 nitrogen and oxygen atoms in total. The van der Waals surface area contributed by atoms with Gasteiger partial charge in [-0.3, -0.25) is 14.5 Å². The van der Waals surface area contributed by atoms with Crippen molar-refractivity contribution in [1.82, 2.24) is 10.2 Å². The third-order valence-electron chi connectivity index (χ3n) is 7.09. The largest absolute Gasteiger partial charge is 0.465 e. The van der Waals surface area contributed by atoms with Crippen LogP contribution < -0.4 is 16.0 Å². The molecule has 0 spiro atoms. The number of benzene rings is 2. The molecule has 0 bridgehead atoms. The van der Waals surface area contributed by atoms with E-state index >= 15 is 0 Å². The number of aromatic nitrogens is 2. The standard InChI is InChI=1S/C30H27ClN6O4S2/c1-30(2)12-21-25(22(38)13-30)24(16-4-8-18(31)9-5-16)20(14-32)26(33)37(21)28-35-36-29(43-28)42-15-23(39)34-19-10-6-17(7-11-19)27(40)41-3/h4-11,24H,12-13,15,33H2,1-3H3,(H,34,39). The molecule has 43 heavy (non-hydrogen) atoms. The number of carbonyl (C=O) groups is 3. The van der Waals surface area contributed by atoms with E-state index in [2.05, 4.69) is 26.3 Å². The van der Waals surface area contributed by atoms with Crippen molar-refractivity contribution in [3.8, 4) is 6.07 Å². The molecule has 2 heterocycles. The van der Waals surface area contributed by atoms with E-state index in [1.165, 1.54) is 30.2 Å². The lowest BCUT2D eigenvalue weighted by Crippen LogP contribution is -2.42. The summed E-state index contributed by atoms with van der Waals surface area (Å²) in [5, 5.41) is 22.6. The summed E-state index contributed by atoms with van der Waals surface area (Å²) < 4.78 is 5.20. The molecule has 0 fully saturated rings. The van der Waals surface area contributed by atoms with Crippen molar-refractivity contribution in [3.05, 3.63) is 87.3 Å². The maximum atomic E-state index is 13.7. The smallest absolute Gasteiger partial charge is 0.337 e. The van der Waals surface area contributed by atoms with Crippen LogP contribution in [0, 0.1) is 16.7 Å². The maximum absolute atomic E-state index is 13.7. The normalized spacial score (nSPS) is 17.8. The second-order valence-electron chi connectivity index (χ2n) is 10.8. The van der Waals surface area contributed by atoms with Crippen LogP contribution in [0.1, 0.15) is 48.5 Å². The summed E-state index contributed by atoms with van der Waals surface area (Å²) >= 11 is 8.53. The van der Waals surface area contributed by atoms with Crippen molar-refractivity contribution in [3.63, 3.8) is 0 Å². The predicted molar refractivity (Wildman–Crippen MR) is 166 cm³/mol. The van der Waals surface area contributed by atoms with E-state index in [-0.39, 0.29) is 34.3 Å². The summed E-state index contributed by atoms with van der Waals surface area (Å²) in [4.78, 5) is 39.5. The summed E-state index contributed by atoms with van der Waals surface area (Å²) in [6.07, 6.45) is 0.872. The van der Waals surface area contributed by atoms with Crippen LogP contribution in [-0.4, -0.2) is 40.7 Å². The first-order chi connectivity index (χ1) is 20.5. The molecular weight excluding hydrogens is 608 g/mol. The fourth-order valence-electron chi connectivity index (χ4n) is 5.20. The number of carbonyl (C=O) groups excluding carboxylic acids is 3. The van der Waals surface area contributed by atoms with Gasteiger partial charge in [-0.15, -0.1) is 10.2 Å². The van der Waals surface area contributed by atoms with Gasteiger partial charge in [0.2, 0.25) is 11.0 Å². The van der Waals surface area contributed by atoms with Gasteiger partial charge >= 0.3 is 5.97 Å². The fourth-order valence-corrected chi connectivity index (χ4v) is 7.01. The van der Waals surface area contributed by atoms with Crippen molar-refractivity contribution in [2.45, 2.75) is 36.9 Å². The van der Waals surface area contributed by atoms with E-state index in [1.54, 1.807) is 41.3 Å². The van der Waals surface area contributed by atoms with Gasteiger partial charge in [0.05, 0.1) is 36.0 Å². The molecule has 1 aliphatic carbocycles. The molecular formula is C30H27ClN6O4S2. The van der Waals surface area contributed by atoms with Crippen molar-refractivity contribution >= 4 is 63.2 Å². The SMILES string of the molecule is COC(=O)c1ccc(NC(=O)CSc2nnc(N3C(N)=C(C#N)C(c4ccc(Cl)cc4)C4=C3CC(C)(C)CC4=O)s2)cc1. The van der Waals surface area contributed by atoms with E-state index in [9.17, 15) is 19.6 Å². The number of methoxy groups -OCH3 is 1. The molecule has 5 rings (SSSR count). The Hall–Kier alpha value is -4.18. The van der Waals surface area contributed by atoms with Gasteiger partial charge < -0.3 is 15.8 Å². The van der Waals surface area contributed by atoms with E-state index in [0.717, 1.165) is 5.56 Å². The molecule has 1 unspecified atom stereocenters. The number of rotatable bonds is 7. The van der Waals surface area contributed by atoms with Crippen LogP contribution in [0.4, 0.5) is 10.8 Å². The number of nitriles is 1. The molecule has 1 amide bonds. The molecule has 3 N–H and O–H groups in total. The van der Waals surface area contributed by atoms with Crippen LogP contribution in [0.3, 0.4) is 0 Å². The Balaban J connectivity index is 1.40. The Bertz CT molecular complexity index is 1710. The predicted octanol–water partition coefficient (Wildman–Crippen LogP) is 5.65. The Morgan fingerprint density at radius 2 is 1.88 bits per heavy atom. The third kappa shape index (κ3) is 6.29. The molecule has 0 radical (unpaired) electrons. The zero-order valence-corrected chi connectivity index (χ0v) is 25.9. The zero-order chi connectivity index (χ0) is 30.9. The van der Waals surface area contributed by atoms with Crippen LogP contribution in [0.2, 0.25) is 5.02 Å². The van der Waals surface area contributed by atoms with Crippen molar-refractivity contribution < 1.29 is 19.1 Å². The average Bonchev–Trinajstić information content (AvgIpc) is 3.44. The van der Waals surface area contributed by atoms with Crippen LogP contribution >= 0.6 is 34.7 Å². The van der Waals surface area contributed by atoms with Gasteiger partial charge in [-0.2, -0.15) is 5.26 Å². The van der Waals surface area contributed by atoms with Crippen LogP contribution in [0.5, 0.6) is 0 Å². The lowest BCUT2D eigenvalue weighted by atomic mass is 9.69. The second kappa shape index (κ2) is 12.2. The van der Waals surface area contributed by atoms with Gasteiger partial charge in [0, 0.05) is 28.4 Å². The lowest BCUT2D eigenvalue weighted by Gasteiger charge is -2.42. The van der Waals surface area contributed by atoms with Crippen molar-refractivity contribution in [2.75, 3.05) is 23.1 Å². The maximum Gasteiger partial charge on any atom is 0.337 e. The number of ether oxygens (including phenoxy) is 1. The highest BCUT2D eigenvalue weighted by atomic mass is 35.5. The molecule has 1 aliphatic heterocycles. The molecule has 220 valence electrons. The van der Waals surface area contributed by atoms with Crippen LogP contribution in [0.25, 0.3) is 0 Å². The highest BCUT2D eigenvalue weighted by molar-refractivity contribution is 8.01. The summed E-state index contributed by atoms with van der Waals surface area (Å²) in [7, 11) is 1.30. The van der Waals surface area contributed by atoms with Crippen molar-refractivity contribution in [2.24, 2.45) is 11.1 Å². The second-order valence-corrected chi connectivity index (χ2v) is 13.4. The molecule has 2 aliphatic rings. The first-order valence-corrected chi connectivity index (χ1v) is 15.4. The number of esters is 1. The molecule has 1 atom stereocenters. The first-order valence-electron chi connectivity index (χ1n) is 13.2. The summed E-state index contributed by atoms with van der Waals surface area (Å²) in [6.45, 7) is 4.04. The van der Waals surface area contributed by atoms with Gasteiger partial charge in [0.15, 0.2) is 10.1 Å².